The van der Waals surface area contributed by atoms with Crippen LogP contribution in [0.15, 0.2) is 6.07 Å². The molecule has 0 saturated carbocycles. The maximum absolute atomic E-state index is 11.5. The third kappa shape index (κ3) is 6.36. The van der Waals surface area contributed by atoms with Crippen LogP contribution in [0.1, 0.15) is 32.9 Å². The van der Waals surface area contributed by atoms with Gasteiger partial charge in [-0.05, 0) is 19.8 Å². The molecule has 20 heavy (non-hydrogen) atoms. The first-order chi connectivity index (χ1) is 9.51. The standard InChI is InChI=1S/C14H25N5O/c1-5-15-14-18-11(4)9-12(19-14)16-6-7-17-13(20)8-10(2)3/h9-10H,5-8H2,1-4H3,(H,17,20)(H2,15,16,18,19). The zero-order valence-electron chi connectivity index (χ0n) is 12.8. The number of nitrogens with one attached hydrogen (secondary N) is 3. The third-order valence-corrected chi connectivity index (χ3v) is 2.54. The Bertz CT molecular complexity index is 434. The predicted molar refractivity (Wildman–Crippen MR) is 81.9 cm³/mol. The largest absolute Gasteiger partial charge is 0.368 e. The van der Waals surface area contributed by atoms with E-state index in [1.165, 1.54) is 0 Å². The summed E-state index contributed by atoms with van der Waals surface area (Å²) in [6, 6.07) is 1.89. The number of anilines is 2. The molecular weight excluding hydrogens is 254 g/mol. The quantitative estimate of drug-likeness (QED) is 0.632. The Labute approximate surface area is 120 Å². The highest BCUT2D eigenvalue weighted by Crippen LogP contribution is 2.08. The van der Waals surface area contributed by atoms with Crippen molar-refractivity contribution in [2.45, 2.75) is 34.1 Å². The smallest absolute Gasteiger partial charge is 0.224 e. The lowest BCUT2D eigenvalue weighted by molar-refractivity contribution is -0.121. The first-order valence-corrected chi connectivity index (χ1v) is 7.11. The highest BCUT2D eigenvalue weighted by atomic mass is 16.1. The van der Waals surface area contributed by atoms with E-state index in [4.69, 9.17) is 0 Å². The molecule has 0 saturated heterocycles. The van der Waals surface area contributed by atoms with Crippen LogP contribution in [0, 0.1) is 12.8 Å². The average molecular weight is 279 g/mol. The van der Waals surface area contributed by atoms with Crippen LogP contribution in [0.4, 0.5) is 11.8 Å². The molecule has 3 N–H and O–H groups in total. The van der Waals surface area contributed by atoms with E-state index in [1.807, 2.05) is 33.8 Å². The molecule has 0 radical (unpaired) electrons. The van der Waals surface area contributed by atoms with Gasteiger partial charge in [-0.2, -0.15) is 4.98 Å². The molecule has 0 spiro atoms. The second kappa shape index (κ2) is 8.35. The normalized spacial score (nSPS) is 10.4. The zero-order valence-corrected chi connectivity index (χ0v) is 12.8. The van der Waals surface area contributed by atoms with Crippen molar-refractivity contribution in [3.8, 4) is 0 Å². The summed E-state index contributed by atoms with van der Waals surface area (Å²) in [6.07, 6.45) is 0.567. The van der Waals surface area contributed by atoms with Crippen LogP contribution >= 0.6 is 0 Å². The predicted octanol–water partition coefficient (Wildman–Crippen LogP) is 1.79. The van der Waals surface area contributed by atoms with E-state index in [-0.39, 0.29) is 5.91 Å². The second-order valence-electron chi connectivity index (χ2n) is 5.12. The van der Waals surface area contributed by atoms with E-state index in [0.29, 0.717) is 31.4 Å². The molecule has 1 aromatic rings. The summed E-state index contributed by atoms with van der Waals surface area (Å²) in [7, 11) is 0. The minimum Gasteiger partial charge on any atom is -0.368 e. The summed E-state index contributed by atoms with van der Waals surface area (Å²) in [5, 5.41) is 9.15. The number of nitrogens with zero attached hydrogens (tertiary/aromatic N) is 2. The Morgan fingerprint density at radius 2 is 2.00 bits per heavy atom. The van der Waals surface area contributed by atoms with Crippen molar-refractivity contribution >= 4 is 17.7 Å². The van der Waals surface area contributed by atoms with Crippen molar-refractivity contribution in [2.75, 3.05) is 30.3 Å². The van der Waals surface area contributed by atoms with E-state index in [9.17, 15) is 4.79 Å². The van der Waals surface area contributed by atoms with Crippen LogP contribution in [-0.4, -0.2) is 35.5 Å². The molecule has 1 aromatic heterocycles. The number of carbonyl (C=O) groups is 1. The van der Waals surface area contributed by atoms with Gasteiger partial charge in [-0.3, -0.25) is 4.79 Å². The molecule has 1 rings (SSSR count). The average Bonchev–Trinajstić information content (AvgIpc) is 2.33. The van der Waals surface area contributed by atoms with Crippen molar-refractivity contribution in [3.63, 3.8) is 0 Å². The Morgan fingerprint density at radius 1 is 1.25 bits per heavy atom. The van der Waals surface area contributed by atoms with Gasteiger partial charge in [0, 0.05) is 37.8 Å². The summed E-state index contributed by atoms with van der Waals surface area (Å²) in [5.74, 6) is 1.87. The van der Waals surface area contributed by atoms with Gasteiger partial charge in [0.2, 0.25) is 11.9 Å². The first-order valence-electron chi connectivity index (χ1n) is 7.11. The maximum atomic E-state index is 11.5. The summed E-state index contributed by atoms with van der Waals surface area (Å²) in [4.78, 5) is 20.1. The molecule has 0 aliphatic heterocycles. The molecule has 0 unspecified atom stereocenters. The lowest BCUT2D eigenvalue weighted by Gasteiger charge is -2.10. The van der Waals surface area contributed by atoms with Crippen molar-refractivity contribution < 1.29 is 4.79 Å². The molecule has 1 heterocycles. The van der Waals surface area contributed by atoms with Crippen molar-refractivity contribution in [3.05, 3.63) is 11.8 Å². The van der Waals surface area contributed by atoms with E-state index in [2.05, 4.69) is 25.9 Å². The van der Waals surface area contributed by atoms with Crippen LogP contribution < -0.4 is 16.0 Å². The van der Waals surface area contributed by atoms with Gasteiger partial charge < -0.3 is 16.0 Å². The van der Waals surface area contributed by atoms with Crippen molar-refractivity contribution in [1.82, 2.24) is 15.3 Å². The fourth-order valence-corrected chi connectivity index (χ4v) is 1.73. The van der Waals surface area contributed by atoms with Gasteiger partial charge in [-0.15, -0.1) is 0 Å². The lowest BCUT2D eigenvalue weighted by Crippen LogP contribution is -2.29. The summed E-state index contributed by atoms with van der Waals surface area (Å²) >= 11 is 0. The molecule has 112 valence electrons. The van der Waals surface area contributed by atoms with Gasteiger partial charge >= 0.3 is 0 Å². The summed E-state index contributed by atoms with van der Waals surface area (Å²) < 4.78 is 0. The number of hydrogen-bond acceptors (Lipinski definition) is 5. The van der Waals surface area contributed by atoms with E-state index < -0.39 is 0 Å². The number of amides is 1. The molecule has 0 bridgehead atoms. The van der Waals surface area contributed by atoms with Crippen molar-refractivity contribution in [2.24, 2.45) is 5.92 Å². The number of rotatable bonds is 8. The van der Waals surface area contributed by atoms with Gasteiger partial charge in [0.05, 0.1) is 0 Å². The van der Waals surface area contributed by atoms with Gasteiger partial charge in [0.15, 0.2) is 0 Å². The second-order valence-corrected chi connectivity index (χ2v) is 5.12. The Hall–Kier alpha value is -1.85. The molecule has 0 fully saturated rings. The van der Waals surface area contributed by atoms with Crippen LogP contribution in [0.25, 0.3) is 0 Å². The zero-order chi connectivity index (χ0) is 15.0. The number of carbonyl (C=O) groups excluding carboxylic acids is 1. The van der Waals surface area contributed by atoms with Crippen LogP contribution in [-0.2, 0) is 4.79 Å². The highest BCUT2D eigenvalue weighted by molar-refractivity contribution is 5.76. The van der Waals surface area contributed by atoms with Gasteiger partial charge in [-0.25, -0.2) is 4.98 Å². The SMILES string of the molecule is CCNc1nc(C)cc(NCCNC(=O)CC(C)C)n1. The van der Waals surface area contributed by atoms with E-state index >= 15 is 0 Å². The Balaban J connectivity index is 2.36. The summed E-state index contributed by atoms with van der Waals surface area (Å²) in [6.45, 7) is 10.0. The van der Waals surface area contributed by atoms with Crippen molar-refractivity contribution in [1.29, 1.82) is 0 Å². The van der Waals surface area contributed by atoms with Gasteiger partial charge in [-0.1, -0.05) is 13.8 Å². The van der Waals surface area contributed by atoms with Crippen LogP contribution in [0.5, 0.6) is 0 Å². The van der Waals surface area contributed by atoms with Crippen LogP contribution in [0.3, 0.4) is 0 Å². The van der Waals surface area contributed by atoms with Gasteiger partial charge in [0.25, 0.3) is 0 Å². The topological polar surface area (TPSA) is 78.9 Å². The van der Waals surface area contributed by atoms with E-state index in [1.54, 1.807) is 0 Å². The monoisotopic (exact) mass is 279 g/mol. The van der Waals surface area contributed by atoms with Crippen LogP contribution in [0.2, 0.25) is 0 Å². The molecular formula is C14H25N5O. The van der Waals surface area contributed by atoms with Gasteiger partial charge in [0.1, 0.15) is 5.82 Å². The fraction of sp³-hybridized carbons (Fsp3) is 0.643. The minimum atomic E-state index is 0.0917. The molecule has 0 aliphatic carbocycles. The number of aryl methyl sites for hydroxylation is 1. The number of hydrogen-bond donors (Lipinski definition) is 3. The summed E-state index contributed by atoms with van der Waals surface area (Å²) in [5.41, 5.74) is 0.905. The molecule has 0 aliphatic rings. The first kappa shape index (κ1) is 16.2. The highest BCUT2D eigenvalue weighted by Gasteiger charge is 2.04. The minimum absolute atomic E-state index is 0.0917. The fourth-order valence-electron chi connectivity index (χ4n) is 1.73. The number of aromatic nitrogens is 2. The molecule has 0 atom stereocenters. The molecule has 6 heteroatoms. The maximum Gasteiger partial charge on any atom is 0.224 e. The van der Waals surface area contributed by atoms with E-state index in [0.717, 1.165) is 18.1 Å². The lowest BCUT2D eigenvalue weighted by atomic mass is 10.1. The molecule has 0 aromatic carbocycles. The molecule has 6 nitrogen and oxygen atoms in total. The third-order valence-electron chi connectivity index (χ3n) is 2.54. The Morgan fingerprint density at radius 3 is 2.65 bits per heavy atom. The Kier molecular flexibility index (Phi) is 6.76. The molecule has 1 amide bonds.